The molecule has 3 nitrogen and oxygen atoms in total. The zero-order valence-corrected chi connectivity index (χ0v) is 8.90. The summed E-state index contributed by atoms with van der Waals surface area (Å²) in [5.41, 5.74) is 1.32. The van der Waals surface area contributed by atoms with Gasteiger partial charge in [-0.15, -0.1) is 13.0 Å². The average Bonchev–Trinajstić information content (AvgIpc) is 2.33. The minimum absolute atomic E-state index is 0.0108. The topological polar surface area (TPSA) is 38.3 Å². The van der Waals surface area contributed by atoms with E-state index in [-0.39, 0.29) is 6.61 Å². The van der Waals surface area contributed by atoms with Gasteiger partial charge in [0, 0.05) is 12.2 Å². The summed E-state index contributed by atoms with van der Waals surface area (Å²) >= 11 is 0. The summed E-state index contributed by atoms with van der Waals surface area (Å²) in [6.07, 6.45) is 6.74. The second kappa shape index (κ2) is 6.31. The van der Waals surface area contributed by atoms with Crippen molar-refractivity contribution in [2.24, 2.45) is 0 Å². The highest BCUT2D eigenvalue weighted by molar-refractivity contribution is 5.90. The zero-order chi connectivity index (χ0) is 11.8. The van der Waals surface area contributed by atoms with Gasteiger partial charge >= 0.3 is 5.97 Å². The third-order valence-corrected chi connectivity index (χ3v) is 1.84. The molecule has 0 unspecified atom stereocenters. The Kier molecular flexibility index (Phi) is 4.68. The van der Waals surface area contributed by atoms with Gasteiger partial charge in [0.2, 0.25) is 0 Å². The van der Waals surface area contributed by atoms with Crippen molar-refractivity contribution in [3.05, 3.63) is 42.5 Å². The molecule has 1 aromatic carbocycles. The number of carbonyl (C=O) groups excluding carboxylic acids is 1. The molecule has 0 heterocycles. The van der Waals surface area contributed by atoms with Crippen LogP contribution in [0.25, 0.3) is 0 Å². The highest BCUT2D eigenvalue weighted by Gasteiger charge is 2.06. The van der Waals surface area contributed by atoms with Crippen LogP contribution in [0.1, 0.15) is 10.4 Å². The van der Waals surface area contributed by atoms with Gasteiger partial charge in [-0.25, -0.2) is 4.79 Å². The quantitative estimate of drug-likeness (QED) is 0.464. The van der Waals surface area contributed by atoms with Crippen LogP contribution in [0.5, 0.6) is 0 Å². The molecular formula is C13H13NO2. The first-order valence-corrected chi connectivity index (χ1v) is 4.83. The van der Waals surface area contributed by atoms with Gasteiger partial charge < -0.3 is 10.1 Å². The van der Waals surface area contributed by atoms with Gasteiger partial charge in [0.05, 0.1) is 5.56 Å². The van der Waals surface area contributed by atoms with Crippen molar-refractivity contribution in [1.82, 2.24) is 0 Å². The molecule has 0 aliphatic rings. The third kappa shape index (κ3) is 3.50. The molecule has 82 valence electrons. The number of esters is 1. The normalized spacial score (nSPS) is 8.94. The van der Waals surface area contributed by atoms with E-state index in [1.54, 1.807) is 24.3 Å². The minimum Gasteiger partial charge on any atom is -0.449 e. The van der Waals surface area contributed by atoms with Gasteiger partial charge in [-0.05, 0) is 18.2 Å². The van der Waals surface area contributed by atoms with E-state index in [0.29, 0.717) is 12.1 Å². The van der Waals surface area contributed by atoms with Crippen LogP contribution in [0.3, 0.4) is 0 Å². The molecule has 0 radical (unpaired) electrons. The summed E-state index contributed by atoms with van der Waals surface area (Å²) in [6, 6.07) is 7.03. The van der Waals surface area contributed by atoms with Crippen molar-refractivity contribution in [2.75, 3.05) is 18.5 Å². The van der Waals surface area contributed by atoms with E-state index >= 15 is 0 Å². The second-order valence-corrected chi connectivity index (χ2v) is 3.03. The van der Waals surface area contributed by atoms with Gasteiger partial charge in [-0.2, -0.15) is 0 Å². The second-order valence-electron chi connectivity index (χ2n) is 3.03. The van der Waals surface area contributed by atoms with Crippen molar-refractivity contribution >= 4 is 11.7 Å². The van der Waals surface area contributed by atoms with Crippen LogP contribution in [-0.4, -0.2) is 19.1 Å². The summed E-state index contributed by atoms with van der Waals surface area (Å²) in [4.78, 5) is 11.5. The monoisotopic (exact) mass is 215 g/mol. The van der Waals surface area contributed by atoms with Crippen molar-refractivity contribution in [3.63, 3.8) is 0 Å². The third-order valence-electron chi connectivity index (χ3n) is 1.84. The van der Waals surface area contributed by atoms with Crippen LogP contribution in [0, 0.1) is 12.3 Å². The number of ether oxygens (including phenoxy) is 1. The smallest absolute Gasteiger partial charge is 0.339 e. The molecule has 0 atom stereocenters. The van der Waals surface area contributed by atoms with E-state index in [0.717, 1.165) is 5.69 Å². The Morgan fingerprint density at radius 2 is 2.44 bits per heavy atom. The number of hydrogen-bond donors (Lipinski definition) is 1. The molecule has 1 N–H and O–H groups in total. The minimum atomic E-state index is -0.416. The molecule has 1 rings (SSSR count). The average molecular weight is 215 g/mol. The van der Waals surface area contributed by atoms with Crippen molar-refractivity contribution in [1.29, 1.82) is 0 Å². The first-order valence-electron chi connectivity index (χ1n) is 4.83. The van der Waals surface area contributed by atoms with E-state index in [1.165, 1.54) is 0 Å². The molecule has 0 aliphatic heterocycles. The lowest BCUT2D eigenvalue weighted by atomic mass is 10.2. The number of hydrogen-bond acceptors (Lipinski definition) is 3. The highest BCUT2D eigenvalue weighted by atomic mass is 16.5. The lowest BCUT2D eigenvalue weighted by Gasteiger charge is -2.05. The lowest BCUT2D eigenvalue weighted by Crippen LogP contribution is -2.06. The number of anilines is 1. The van der Waals surface area contributed by atoms with Crippen LogP contribution in [0.2, 0.25) is 0 Å². The summed E-state index contributed by atoms with van der Waals surface area (Å²) in [5, 5.41) is 3.08. The fourth-order valence-corrected chi connectivity index (χ4v) is 1.14. The van der Waals surface area contributed by atoms with Gasteiger partial charge in [0.1, 0.15) is 0 Å². The first-order chi connectivity index (χ1) is 7.77. The molecule has 16 heavy (non-hydrogen) atoms. The molecule has 0 saturated carbocycles. The molecule has 3 heteroatoms. The fourth-order valence-electron chi connectivity index (χ4n) is 1.14. The molecule has 0 saturated heterocycles. The van der Waals surface area contributed by atoms with E-state index < -0.39 is 5.97 Å². The predicted octanol–water partition coefficient (Wildman–Crippen LogP) is 2.07. The molecule has 0 amide bonds. The Hall–Kier alpha value is -2.21. The van der Waals surface area contributed by atoms with Gasteiger partial charge in [0.25, 0.3) is 0 Å². The number of nitrogens with one attached hydrogen (secondary N) is 1. The number of carbonyl (C=O) groups is 1. The molecule has 0 aliphatic carbocycles. The maximum Gasteiger partial charge on any atom is 0.339 e. The van der Waals surface area contributed by atoms with E-state index in [4.69, 9.17) is 11.2 Å². The predicted molar refractivity (Wildman–Crippen MR) is 64.2 cm³/mol. The number of terminal acetylenes is 1. The van der Waals surface area contributed by atoms with E-state index in [1.807, 2.05) is 6.07 Å². The first kappa shape index (κ1) is 11.9. The van der Waals surface area contributed by atoms with Crippen LogP contribution < -0.4 is 5.32 Å². The van der Waals surface area contributed by atoms with Crippen LogP contribution >= 0.6 is 0 Å². The summed E-state index contributed by atoms with van der Waals surface area (Å²) in [6.45, 7) is 4.23. The Morgan fingerprint density at radius 1 is 1.62 bits per heavy atom. The van der Waals surface area contributed by atoms with Gasteiger partial charge in [-0.3, -0.25) is 0 Å². The van der Waals surface area contributed by atoms with Crippen molar-refractivity contribution < 1.29 is 9.53 Å². The van der Waals surface area contributed by atoms with Crippen LogP contribution in [0.4, 0.5) is 5.69 Å². The Bertz CT molecular complexity index is 418. The largest absolute Gasteiger partial charge is 0.449 e. The lowest BCUT2D eigenvalue weighted by molar-refractivity contribution is 0.0557. The molecule has 0 bridgehead atoms. The Labute approximate surface area is 95.1 Å². The van der Waals surface area contributed by atoms with Crippen molar-refractivity contribution in [3.8, 4) is 12.3 Å². The Balaban J connectivity index is 2.70. The molecule has 0 aromatic heterocycles. The maximum absolute atomic E-state index is 11.5. The molecular weight excluding hydrogens is 202 g/mol. The summed E-state index contributed by atoms with van der Waals surface area (Å²) in [7, 11) is 0. The van der Waals surface area contributed by atoms with E-state index in [2.05, 4.69) is 17.8 Å². The van der Waals surface area contributed by atoms with Crippen molar-refractivity contribution in [2.45, 2.75) is 0 Å². The summed E-state index contributed by atoms with van der Waals surface area (Å²) < 4.78 is 4.81. The number of benzene rings is 1. The van der Waals surface area contributed by atoms with Gasteiger partial charge in [0.15, 0.2) is 6.61 Å². The number of rotatable bonds is 5. The zero-order valence-electron chi connectivity index (χ0n) is 8.90. The molecule has 1 aromatic rings. The summed E-state index contributed by atoms with van der Waals surface area (Å²) in [5.74, 6) is 1.83. The van der Waals surface area contributed by atoms with Gasteiger partial charge in [-0.1, -0.05) is 18.1 Å². The molecule has 0 spiro atoms. The van der Waals surface area contributed by atoms with Crippen LogP contribution in [-0.2, 0) is 4.74 Å². The fraction of sp³-hybridized carbons (Fsp3) is 0.154. The Morgan fingerprint density at radius 3 is 3.12 bits per heavy atom. The van der Waals surface area contributed by atoms with E-state index in [9.17, 15) is 4.79 Å². The van der Waals surface area contributed by atoms with Crippen LogP contribution in [0.15, 0.2) is 36.9 Å². The highest BCUT2D eigenvalue weighted by Crippen LogP contribution is 2.11. The SMILES string of the molecule is C#CCOC(=O)c1cccc(NCC=C)c1. The maximum atomic E-state index is 11.5. The molecule has 0 fully saturated rings. The standard InChI is InChI=1S/C13H13NO2/c1-3-8-14-12-7-5-6-11(10-12)13(15)16-9-4-2/h2-3,5-7,10,14H,1,8-9H2.